The van der Waals surface area contributed by atoms with Crippen molar-refractivity contribution >= 4 is 6.09 Å². The fourth-order valence-corrected chi connectivity index (χ4v) is 4.52. The predicted molar refractivity (Wildman–Crippen MR) is 129 cm³/mol. The minimum absolute atomic E-state index is 0.186. The second-order valence-electron chi connectivity index (χ2n) is 8.92. The maximum Gasteiger partial charge on any atom is 0.416 e. The lowest BCUT2D eigenvalue weighted by molar-refractivity contribution is -0.137. The maximum atomic E-state index is 12.9. The van der Waals surface area contributed by atoms with Crippen molar-refractivity contribution in [3.63, 3.8) is 0 Å². The number of benzene rings is 3. The van der Waals surface area contributed by atoms with Gasteiger partial charge in [0.2, 0.25) is 5.82 Å². The van der Waals surface area contributed by atoms with Crippen molar-refractivity contribution in [1.29, 1.82) is 0 Å². The van der Waals surface area contributed by atoms with Gasteiger partial charge in [0, 0.05) is 5.56 Å². The summed E-state index contributed by atoms with van der Waals surface area (Å²) >= 11 is 0. The zero-order valence-corrected chi connectivity index (χ0v) is 20.0. The lowest BCUT2D eigenvalue weighted by Gasteiger charge is -2.27. The normalized spacial score (nSPS) is 16.6. The van der Waals surface area contributed by atoms with E-state index in [2.05, 4.69) is 15.4 Å². The summed E-state index contributed by atoms with van der Waals surface area (Å²) in [6, 6.07) is 21.8. The van der Waals surface area contributed by atoms with Crippen molar-refractivity contribution in [1.82, 2.24) is 25.1 Å². The van der Waals surface area contributed by atoms with Gasteiger partial charge in [0.05, 0.1) is 24.2 Å². The quantitative estimate of drug-likeness (QED) is 0.329. The van der Waals surface area contributed by atoms with E-state index in [0.29, 0.717) is 18.8 Å². The molecule has 1 aromatic heterocycles. The maximum absolute atomic E-state index is 12.9. The molecule has 0 saturated carbocycles. The van der Waals surface area contributed by atoms with Gasteiger partial charge in [0.1, 0.15) is 6.61 Å². The van der Waals surface area contributed by atoms with Crippen LogP contribution < -0.4 is 0 Å². The van der Waals surface area contributed by atoms with Crippen molar-refractivity contribution in [2.45, 2.75) is 38.1 Å². The third-order valence-corrected chi connectivity index (χ3v) is 6.46. The molecule has 0 radical (unpaired) electrons. The Bertz CT molecular complexity index is 1370. The molecule has 2 atom stereocenters. The van der Waals surface area contributed by atoms with Gasteiger partial charge >= 0.3 is 12.3 Å². The highest BCUT2D eigenvalue weighted by molar-refractivity contribution is 5.70. The summed E-state index contributed by atoms with van der Waals surface area (Å²) < 4.78 is 44.0. The molecular formula is C27H24F3N5O2. The van der Waals surface area contributed by atoms with Gasteiger partial charge in [0.25, 0.3) is 0 Å². The van der Waals surface area contributed by atoms with Crippen molar-refractivity contribution < 1.29 is 22.7 Å². The number of ether oxygens (including phenoxy) is 1. The van der Waals surface area contributed by atoms with E-state index in [9.17, 15) is 18.0 Å². The van der Waals surface area contributed by atoms with Crippen molar-refractivity contribution in [2.24, 2.45) is 0 Å². The van der Waals surface area contributed by atoms with E-state index in [1.54, 1.807) is 4.90 Å². The Balaban J connectivity index is 1.33. The average molecular weight is 508 g/mol. The molecule has 1 fully saturated rings. The first-order valence-electron chi connectivity index (χ1n) is 11.8. The molecule has 1 aliphatic heterocycles. The highest BCUT2D eigenvalue weighted by Gasteiger charge is 2.37. The smallest absolute Gasteiger partial charge is 0.416 e. The zero-order chi connectivity index (χ0) is 26.0. The Morgan fingerprint density at radius 2 is 1.70 bits per heavy atom. The molecule has 37 heavy (non-hydrogen) atoms. The first kappa shape index (κ1) is 24.5. The van der Waals surface area contributed by atoms with Gasteiger partial charge in [-0.1, -0.05) is 66.7 Å². The van der Waals surface area contributed by atoms with Gasteiger partial charge in [-0.15, -0.1) is 10.2 Å². The molecule has 10 heteroatoms. The van der Waals surface area contributed by atoms with E-state index < -0.39 is 11.7 Å². The van der Waals surface area contributed by atoms with Crippen LogP contribution >= 0.6 is 0 Å². The summed E-state index contributed by atoms with van der Waals surface area (Å²) in [5.41, 5.74) is 2.65. The average Bonchev–Trinajstić information content (AvgIpc) is 3.51. The van der Waals surface area contributed by atoms with Crippen LogP contribution in [-0.2, 0) is 23.9 Å². The Labute approximate surface area is 211 Å². The molecule has 0 spiro atoms. The molecule has 0 aliphatic carbocycles. The predicted octanol–water partition coefficient (Wildman–Crippen LogP) is 5.53. The van der Waals surface area contributed by atoms with E-state index >= 15 is 0 Å². The van der Waals surface area contributed by atoms with Crippen molar-refractivity contribution in [3.8, 4) is 11.4 Å². The second kappa shape index (κ2) is 10.0. The van der Waals surface area contributed by atoms with Crippen LogP contribution in [0.5, 0.6) is 0 Å². The van der Waals surface area contributed by atoms with Gasteiger partial charge < -0.3 is 4.74 Å². The zero-order valence-electron chi connectivity index (χ0n) is 20.0. The lowest BCUT2D eigenvalue weighted by Crippen LogP contribution is -2.39. The van der Waals surface area contributed by atoms with Crippen LogP contribution in [0.1, 0.15) is 35.2 Å². The molecule has 1 saturated heterocycles. The van der Waals surface area contributed by atoms with Crippen LogP contribution in [0, 0.1) is 0 Å². The number of tetrazole rings is 1. The second-order valence-corrected chi connectivity index (χ2v) is 8.92. The molecule has 1 amide bonds. The number of amides is 1. The number of rotatable bonds is 7. The first-order valence-corrected chi connectivity index (χ1v) is 11.8. The third kappa shape index (κ3) is 5.32. The number of cyclic esters (lactones) is 1. The van der Waals surface area contributed by atoms with Gasteiger partial charge in [-0.25, -0.2) is 4.79 Å². The van der Waals surface area contributed by atoms with Crippen LogP contribution in [0.3, 0.4) is 0 Å². The van der Waals surface area contributed by atoms with E-state index in [-0.39, 0.29) is 24.8 Å². The topological polar surface area (TPSA) is 73.1 Å². The number of hydrogen-bond acceptors (Lipinski definition) is 5. The van der Waals surface area contributed by atoms with E-state index in [1.165, 1.54) is 16.9 Å². The van der Waals surface area contributed by atoms with Crippen LogP contribution in [0.25, 0.3) is 11.4 Å². The fraction of sp³-hybridized carbons (Fsp3) is 0.259. The van der Waals surface area contributed by atoms with Gasteiger partial charge in [-0.2, -0.15) is 18.0 Å². The molecule has 2 heterocycles. The Kier molecular flexibility index (Phi) is 6.64. The number of carbonyl (C=O) groups excluding carboxylic acids is 1. The summed E-state index contributed by atoms with van der Waals surface area (Å²) in [7, 11) is 0. The number of nitrogens with zero attached hydrogens (tertiary/aromatic N) is 5. The lowest BCUT2D eigenvalue weighted by atomic mass is 9.98. The molecule has 0 N–H and O–H groups in total. The number of halogens is 3. The molecule has 1 aliphatic rings. The SMILES string of the molecule is C[C@H](c1ccccc1)N1C(=O)OC[C@H]1Cn1nnc(-c2ccccc2Cc2ccc(C(F)(F)F)cc2)n1. The van der Waals surface area contributed by atoms with Crippen LogP contribution in [0.2, 0.25) is 0 Å². The largest absolute Gasteiger partial charge is 0.447 e. The molecule has 5 rings (SSSR count). The Morgan fingerprint density at radius 1 is 1.00 bits per heavy atom. The number of alkyl halides is 3. The first-order chi connectivity index (χ1) is 17.8. The monoisotopic (exact) mass is 507 g/mol. The van der Waals surface area contributed by atoms with Crippen LogP contribution in [0.15, 0.2) is 78.9 Å². The van der Waals surface area contributed by atoms with Crippen LogP contribution in [-0.4, -0.2) is 43.8 Å². The number of hydrogen-bond donors (Lipinski definition) is 0. The fourth-order valence-electron chi connectivity index (χ4n) is 4.52. The molecule has 0 unspecified atom stereocenters. The minimum Gasteiger partial charge on any atom is -0.447 e. The van der Waals surface area contributed by atoms with Gasteiger partial charge in [0.15, 0.2) is 0 Å². The van der Waals surface area contributed by atoms with Crippen molar-refractivity contribution in [2.75, 3.05) is 6.61 Å². The number of aromatic nitrogens is 4. The molecule has 4 aromatic rings. The standard InChI is InChI=1S/C27H24F3N5O2/c1-18(20-7-3-2-4-8-20)35-23(17-37-26(35)36)16-34-32-25(31-33-34)24-10-6-5-9-21(24)15-19-11-13-22(14-12-19)27(28,29)30/h2-14,18,23H,15-17H2,1H3/t18-,23-/m1/s1. The summed E-state index contributed by atoms with van der Waals surface area (Å²) in [6.45, 7) is 2.47. The summed E-state index contributed by atoms with van der Waals surface area (Å²) in [4.78, 5) is 15.6. The molecule has 3 aromatic carbocycles. The minimum atomic E-state index is -4.37. The molecular weight excluding hydrogens is 483 g/mol. The van der Waals surface area contributed by atoms with E-state index in [1.807, 2.05) is 61.5 Å². The molecule has 0 bridgehead atoms. The summed E-state index contributed by atoms with van der Waals surface area (Å²) in [5, 5.41) is 12.9. The Hall–Kier alpha value is -4.21. The molecule has 7 nitrogen and oxygen atoms in total. The summed E-state index contributed by atoms with van der Waals surface area (Å²) in [6.07, 6.45) is -4.35. The van der Waals surface area contributed by atoms with Crippen LogP contribution in [0.4, 0.5) is 18.0 Å². The highest BCUT2D eigenvalue weighted by atomic mass is 19.4. The number of carbonyl (C=O) groups is 1. The Morgan fingerprint density at radius 3 is 2.43 bits per heavy atom. The molecule has 190 valence electrons. The van der Waals surface area contributed by atoms with E-state index in [0.717, 1.165) is 34.4 Å². The van der Waals surface area contributed by atoms with Crippen molar-refractivity contribution in [3.05, 3.63) is 101 Å². The van der Waals surface area contributed by atoms with Gasteiger partial charge in [-0.3, -0.25) is 4.90 Å². The van der Waals surface area contributed by atoms with Gasteiger partial charge in [-0.05, 0) is 47.4 Å². The van der Waals surface area contributed by atoms with E-state index in [4.69, 9.17) is 4.74 Å². The summed E-state index contributed by atoms with van der Waals surface area (Å²) in [5.74, 6) is 0.399. The highest BCUT2D eigenvalue weighted by Crippen LogP contribution is 2.31. The third-order valence-electron chi connectivity index (χ3n) is 6.46.